The van der Waals surface area contributed by atoms with Gasteiger partial charge in [0.15, 0.2) is 0 Å². The Balaban J connectivity index is 3.91. The minimum absolute atomic E-state index is 0.111. The Labute approximate surface area is 53.6 Å². The van der Waals surface area contributed by atoms with E-state index in [4.69, 9.17) is 4.55 Å². The van der Waals surface area contributed by atoms with Crippen LogP contribution in [-0.2, 0) is 14.9 Å². The number of rotatable bonds is 3. The Kier molecular flexibility index (Phi) is 2.80. The molecule has 53 valence electrons. The fourth-order valence-corrected chi connectivity index (χ4v) is 0.827. The summed E-state index contributed by atoms with van der Waals surface area (Å²) in [7, 11) is -4.12. The molecule has 0 heterocycles. The zero-order valence-corrected chi connectivity index (χ0v) is 5.52. The van der Waals surface area contributed by atoms with Crippen LogP contribution in [0, 0.1) is 6.92 Å². The van der Waals surface area contributed by atoms with Gasteiger partial charge in [-0.15, -0.1) is 0 Å². The van der Waals surface area contributed by atoms with Gasteiger partial charge in [-0.3, -0.25) is 9.35 Å². The molecule has 0 saturated heterocycles. The maximum atomic E-state index is 10.2. The molecule has 0 saturated carbocycles. The highest BCUT2D eigenvalue weighted by Gasteiger charge is 2.09. The molecular formula is C4H7O4S. The number of Topliss-reactive ketones (excluding diaryl/α,β-unsaturated/α-hetero) is 1. The van der Waals surface area contributed by atoms with Crippen molar-refractivity contribution in [1.82, 2.24) is 0 Å². The summed E-state index contributed by atoms with van der Waals surface area (Å²) in [6, 6.07) is 0. The van der Waals surface area contributed by atoms with Crippen LogP contribution >= 0.6 is 0 Å². The molecule has 0 bridgehead atoms. The van der Waals surface area contributed by atoms with Gasteiger partial charge in [0, 0.05) is 6.42 Å². The maximum absolute atomic E-state index is 10.2. The van der Waals surface area contributed by atoms with Crippen molar-refractivity contribution in [3.05, 3.63) is 6.92 Å². The third-order valence-electron chi connectivity index (χ3n) is 0.622. The van der Waals surface area contributed by atoms with E-state index >= 15 is 0 Å². The monoisotopic (exact) mass is 151 g/mol. The molecule has 1 radical (unpaired) electrons. The van der Waals surface area contributed by atoms with Crippen molar-refractivity contribution >= 4 is 15.9 Å². The molecule has 4 nitrogen and oxygen atoms in total. The van der Waals surface area contributed by atoms with Crippen LogP contribution in [0.3, 0.4) is 0 Å². The lowest BCUT2D eigenvalue weighted by atomic mass is 10.4. The number of ketones is 1. The number of hydrogen-bond acceptors (Lipinski definition) is 3. The Bertz CT molecular complexity index is 191. The minimum Gasteiger partial charge on any atom is -0.298 e. The molecule has 1 N–H and O–H groups in total. The summed E-state index contributed by atoms with van der Waals surface area (Å²) in [6.07, 6.45) is -0.111. The van der Waals surface area contributed by atoms with Crippen LogP contribution in [0.2, 0.25) is 0 Å². The molecule has 0 rings (SSSR count). The van der Waals surface area contributed by atoms with E-state index in [1.165, 1.54) is 0 Å². The molecule has 0 atom stereocenters. The standard InChI is InChI=1S/C4H7O4S/c1-2-4(5)3-9(6,7)8/h1-3H2,(H,6,7,8). The molecule has 0 aliphatic rings. The average molecular weight is 151 g/mol. The summed E-state index contributed by atoms with van der Waals surface area (Å²) in [4.78, 5) is 10.2. The second kappa shape index (κ2) is 2.93. The van der Waals surface area contributed by atoms with Crippen LogP contribution < -0.4 is 0 Å². The lowest BCUT2D eigenvalue weighted by molar-refractivity contribution is -0.116. The van der Waals surface area contributed by atoms with E-state index in [1.807, 2.05) is 0 Å². The third-order valence-corrected chi connectivity index (χ3v) is 1.31. The molecule has 0 aromatic rings. The lowest BCUT2D eigenvalue weighted by Gasteiger charge is -1.90. The Hall–Kier alpha value is -0.420. The van der Waals surface area contributed by atoms with Gasteiger partial charge >= 0.3 is 0 Å². The van der Waals surface area contributed by atoms with Crippen molar-refractivity contribution in [2.75, 3.05) is 5.75 Å². The Morgan fingerprint density at radius 3 is 2.11 bits per heavy atom. The van der Waals surface area contributed by atoms with Crippen LogP contribution in [0.25, 0.3) is 0 Å². The van der Waals surface area contributed by atoms with Crippen LogP contribution in [0.1, 0.15) is 6.42 Å². The Morgan fingerprint density at radius 1 is 1.56 bits per heavy atom. The van der Waals surface area contributed by atoms with Crippen molar-refractivity contribution in [2.24, 2.45) is 0 Å². The van der Waals surface area contributed by atoms with Gasteiger partial charge in [0.2, 0.25) is 0 Å². The van der Waals surface area contributed by atoms with Gasteiger partial charge in [-0.25, -0.2) is 0 Å². The minimum atomic E-state index is -4.12. The zero-order valence-electron chi connectivity index (χ0n) is 4.70. The summed E-state index contributed by atoms with van der Waals surface area (Å²) in [5.74, 6) is -1.41. The molecule has 0 aliphatic carbocycles. The smallest absolute Gasteiger partial charge is 0.272 e. The van der Waals surface area contributed by atoms with E-state index in [1.54, 1.807) is 0 Å². The van der Waals surface area contributed by atoms with Crippen molar-refractivity contribution in [3.8, 4) is 0 Å². The fraction of sp³-hybridized carbons (Fsp3) is 0.500. The highest BCUT2D eigenvalue weighted by molar-refractivity contribution is 7.86. The summed E-state index contributed by atoms with van der Waals surface area (Å²) in [5.41, 5.74) is 0. The highest BCUT2D eigenvalue weighted by atomic mass is 32.2. The summed E-state index contributed by atoms with van der Waals surface area (Å²) >= 11 is 0. The fourth-order valence-electron chi connectivity index (χ4n) is 0.276. The van der Waals surface area contributed by atoms with Gasteiger partial charge in [0.1, 0.15) is 11.5 Å². The van der Waals surface area contributed by atoms with Gasteiger partial charge in [-0.05, 0) is 6.92 Å². The first kappa shape index (κ1) is 8.58. The highest BCUT2D eigenvalue weighted by Crippen LogP contribution is 1.86. The number of carbonyl (C=O) groups is 1. The van der Waals surface area contributed by atoms with Gasteiger partial charge in [0.05, 0.1) is 0 Å². The van der Waals surface area contributed by atoms with E-state index in [0.717, 1.165) is 0 Å². The van der Waals surface area contributed by atoms with Crippen molar-refractivity contribution in [1.29, 1.82) is 0 Å². The molecule has 0 fully saturated rings. The van der Waals surface area contributed by atoms with Crippen LogP contribution in [-0.4, -0.2) is 24.5 Å². The third kappa shape index (κ3) is 5.45. The topological polar surface area (TPSA) is 71.4 Å². The van der Waals surface area contributed by atoms with Gasteiger partial charge in [-0.1, -0.05) is 0 Å². The van der Waals surface area contributed by atoms with Crippen molar-refractivity contribution in [3.63, 3.8) is 0 Å². The Morgan fingerprint density at radius 2 is 2.00 bits per heavy atom. The predicted octanol–water partition coefficient (Wildman–Crippen LogP) is -0.333. The first-order valence-corrected chi connectivity index (χ1v) is 3.82. The molecule has 9 heavy (non-hydrogen) atoms. The molecule has 0 unspecified atom stereocenters. The van der Waals surface area contributed by atoms with E-state index in [9.17, 15) is 13.2 Å². The van der Waals surface area contributed by atoms with Gasteiger partial charge in [0.25, 0.3) is 10.1 Å². The molecule has 0 amide bonds. The summed E-state index contributed by atoms with van der Waals surface area (Å²) in [5, 5.41) is 0. The van der Waals surface area contributed by atoms with E-state index < -0.39 is 21.7 Å². The normalized spacial score (nSPS) is 11.3. The number of hydrogen-bond donors (Lipinski definition) is 1. The van der Waals surface area contributed by atoms with Gasteiger partial charge in [-0.2, -0.15) is 8.42 Å². The second-order valence-electron chi connectivity index (χ2n) is 1.51. The van der Waals surface area contributed by atoms with Crippen molar-refractivity contribution < 1.29 is 17.8 Å². The molecule has 0 aromatic carbocycles. The zero-order chi connectivity index (χ0) is 7.49. The van der Waals surface area contributed by atoms with Crippen LogP contribution in [0.4, 0.5) is 0 Å². The lowest BCUT2D eigenvalue weighted by Crippen LogP contribution is -2.13. The van der Waals surface area contributed by atoms with Gasteiger partial charge < -0.3 is 0 Å². The quantitative estimate of drug-likeness (QED) is 0.560. The first-order valence-electron chi connectivity index (χ1n) is 2.22. The number of carbonyl (C=O) groups excluding carboxylic acids is 1. The SMILES string of the molecule is [CH2]CC(=O)CS(=O)(=O)O. The largest absolute Gasteiger partial charge is 0.298 e. The van der Waals surface area contributed by atoms with Crippen molar-refractivity contribution in [2.45, 2.75) is 6.42 Å². The van der Waals surface area contributed by atoms with Crippen LogP contribution in [0.15, 0.2) is 0 Å². The molecular weight excluding hydrogens is 144 g/mol. The maximum Gasteiger partial charge on any atom is 0.272 e. The molecule has 5 heteroatoms. The van der Waals surface area contributed by atoms with E-state index in [2.05, 4.69) is 6.92 Å². The molecule has 0 aliphatic heterocycles. The summed E-state index contributed by atoms with van der Waals surface area (Å²) < 4.78 is 27.9. The molecule has 0 spiro atoms. The van der Waals surface area contributed by atoms with E-state index in [-0.39, 0.29) is 6.42 Å². The molecule has 0 aromatic heterocycles. The van der Waals surface area contributed by atoms with Crippen LogP contribution in [0.5, 0.6) is 0 Å². The average Bonchev–Trinajstić information content (AvgIpc) is 1.62. The predicted molar refractivity (Wildman–Crippen MR) is 31.4 cm³/mol. The second-order valence-corrected chi connectivity index (χ2v) is 2.97. The first-order chi connectivity index (χ1) is 3.95. The summed E-state index contributed by atoms with van der Waals surface area (Å²) in [6.45, 7) is 3.14. The van der Waals surface area contributed by atoms with E-state index in [0.29, 0.717) is 0 Å².